The average molecular weight is 359 g/mol. The Hall–Kier alpha value is -1.82. The highest BCUT2D eigenvalue weighted by Gasteiger charge is 2.37. The smallest absolute Gasteiger partial charge is 0.0266 e. The molecule has 5 aliphatic carbocycles. The average Bonchev–Trinajstić information content (AvgIpc) is 3.39. The van der Waals surface area contributed by atoms with Crippen LogP contribution in [0.2, 0.25) is 0 Å². The van der Waals surface area contributed by atoms with E-state index in [4.69, 9.17) is 0 Å². The molecule has 0 nitrogen and oxygen atoms in total. The van der Waals surface area contributed by atoms with Crippen LogP contribution in [0.1, 0.15) is 86.1 Å². The largest absolute Gasteiger partial charge is 0.0654 e. The van der Waals surface area contributed by atoms with Crippen molar-refractivity contribution in [3.63, 3.8) is 0 Å². The number of hydrogen-bond donors (Lipinski definition) is 0. The van der Waals surface area contributed by atoms with Crippen LogP contribution in [-0.4, -0.2) is 0 Å². The summed E-state index contributed by atoms with van der Waals surface area (Å²) < 4.78 is 0. The molecule has 0 unspecified atom stereocenters. The van der Waals surface area contributed by atoms with Gasteiger partial charge in [-0.2, -0.15) is 0 Å². The van der Waals surface area contributed by atoms with Gasteiger partial charge in [-0.3, -0.25) is 0 Å². The zero-order valence-electron chi connectivity index (χ0n) is 17.2. The molecule has 0 saturated heterocycles. The Morgan fingerprint density at radius 1 is 0.667 bits per heavy atom. The summed E-state index contributed by atoms with van der Waals surface area (Å²) in [7, 11) is 0. The van der Waals surface area contributed by atoms with Crippen molar-refractivity contribution < 1.29 is 0 Å². The van der Waals surface area contributed by atoms with Gasteiger partial charge in [-0.05, 0) is 79.2 Å². The fraction of sp³-hybridized carbons (Fsp3) is 0.481. The number of unbranched alkanes of at least 4 members (excludes halogenated alkanes) is 2. The zero-order chi connectivity index (χ0) is 18.6. The Bertz CT molecular complexity index is 788. The second kappa shape index (κ2) is 8.46. The second-order valence-electron chi connectivity index (χ2n) is 8.54. The van der Waals surface area contributed by atoms with E-state index in [9.17, 15) is 0 Å². The van der Waals surface area contributed by atoms with Crippen molar-refractivity contribution in [3.05, 3.63) is 81.4 Å². The molecule has 2 aromatic rings. The molecule has 0 saturated carbocycles. The molecular formula is C27H34. The van der Waals surface area contributed by atoms with Crippen LogP contribution in [0.3, 0.4) is 0 Å². The molecule has 0 aromatic heterocycles. The first kappa shape index (κ1) is 18.5. The zero-order valence-corrected chi connectivity index (χ0v) is 17.2. The highest BCUT2D eigenvalue weighted by atomic mass is 14.4. The SMILES string of the molecule is CCCCC1=C(CCCC)C1c1cc2ccc1CCc1ccc(cc1)CC2. The summed E-state index contributed by atoms with van der Waals surface area (Å²) in [5.74, 6) is 0.682. The van der Waals surface area contributed by atoms with E-state index >= 15 is 0 Å². The molecule has 0 aliphatic heterocycles. The van der Waals surface area contributed by atoms with Crippen LogP contribution in [0.5, 0.6) is 0 Å². The van der Waals surface area contributed by atoms with E-state index in [0.29, 0.717) is 5.92 Å². The summed E-state index contributed by atoms with van der Waals surface area (Å²) in [5.41, 5.74) is 11.3. The molecule has 0 spiro atoms. The third-order valence-electron chi connectivity index (χ3n) is 6.56. The van der Waals surface area contributed by atoms with E-state index in [1.165, 1.54) is 61.6 Å². The third kappa shape index (κ3) is 4.21. The van der Waals surface area contributed by atoms with Crippen molar-refractivity contribution in [1.29, 1.82) is 0 Å². The Kier molecular flexibility index (Phi) is 5.81. The lowest BCUT2D eigenvalue weighted by Crippen LogP contribution is -2.03. The van der Waals surface area contributed by atoms with Crippen molar-refractivity contribution in [2.24, 2.45) is 0 Å². The molecule has 0 atom stereocenters. The van der Waals surface area contributed by atoms with E-state index < -0.39 is 0 Å². The van der Waals surface area contributed by atoms with Gasteiger partial charge in [-0.1, -0.05) is 80.3 Å². The minimum Gasteiger partial charge on any atom is -0.0654 e. The third-order valence-corrected chi connectivity index (χ3v) is 6.56. The quantitative estimate of drug-likeness (QED) is 0.454. The molecule has 0 fully saturated rings. The Labute approximate surface area is 165 Å². The monoisotopic (exact) mass is 358 g/mol. The van der Waals surface area contributed by atoms with Gasteiger partial charge in [0.1, 0.15) is 0 Å². The van der Waals surface area contributed by atoms with Crippen LogP contribution in [-0.2, 0) is 25.7 Å². The van der Waals surface area contributed by atoms with Crippen molar-refractivity contribution in [2.45, 2.75) is 84.0 Å². The highest BCUT2D eigenvalue weighted by molar-refractivity contribution is 5.57. The van der Waals surface area contributed by atoms with E-state index in [2.05, 4.69) is 56.3 Å². The maximum absolute atomic E-state index is 2.57. The molecule has 0 N–H and O–H groups in total. The maximum atomic E-state index is 2.57. The first-order valence-corrected chi connectivity index (χ1v) is 11.2. The van der Waals surface area contributed by atoms with E-state index in [-0.39, 0.29) is 0 Å². The van der Waals surface area contributed by atoms with Gasteiger partial charge < -0.3 is 0 Å². The molecule has 5 aliphatic rings. The molecule has 2 aromatic carbocycles. The summed E-state index contributed by atoms with van der Waals surface area (Å²) >= 11 is 0. The lowest BCUT2D eigenvalue weighted by Gasteiger charge is -2.15. The summed E-state index contributed by atoms with van der Waals surface area (Å²) in [6.07, 6.45) is 12.6. The van der Waals surface area contributed by atoms with E-state index in [1.807, 2.05) is 0 Å². The first-order chi connectivity index (χ1) is 13.3. The van der Waals surface area contributed by atoms with Crippen LogP contribution < -0.4 is 0 Å². The minimum absolute atomic E-state index is 0.682. The fourth-order valence-corrected chi connectivity index (χ4v) is 4.77. The van der Waals surface area contributed by atoms with Gasteiger partial charge in [0.25, 0.3) is 0 Å². The van der Waals surface area contributed by atoms with E-state index in [1.54, 1.807) is 22.3 Å². The van der Waals surface area contributed by atoms with Gasteiger partial charge in [-0.25, -0.2) is 0 Å². The summed E-state index contributed by atoms with van der Waals surface area (Å²) in [6.45, 7) is 4.64. The first-order valence-electron chi connectivity index (χ1n) is 11.2. The molecule has 7 rings (SSSR count). The number of aryl methyl sites for hydroxylation is 4. The number of hydrogen-bond acceptors (Lipinski definition) is 0. The van der Waals surface area contributed by atoms with Gasteiger partial charge in [0.15, 0.2) is 0 Å². The van der Waals surface area contributed by atoms with Gasteiger partial charge >= 0.3 is 0 Å². The van der Waals surface area contributed by atoms with Crippen LogP contribution in [0, 0.1) is 0 Å². The van der Waals surface area contributed by atoms with E-state index in [0.717, 1.165) is 19.3 Å². The van der Waals surface area contributed by atoms with Crippen LogP contribution >= 0.6 is 0 Å². The highest BCUT2D eigenvalue weighted by Crippen LogP contribution is 2.53. The lowest BCUT2D eigenvalue weighted by atomic mass is 9.89. The van der Waals surface area contributed by atoms with Crippen molar-refractivity contribution >= 4 is 0 Å². The van der Waals surface area contributed by atoms with Crippen LogP contribution in [0.15, 0.2) is 53.6 Å². The van der Waals surface area contributed by atoms with Crippen LogP contribution in [0.4, 0.5) is 0 Å². The molecule has 0 amide bonds. The molecule has 4 bridgehead atoms. The summed E-state index contributed by atoms with van der Waals surface area (Å²) in [6, 6.07) is 16.8. The van der Waals surface area contributed by atoms with Crippen molar-refractivity contribution in [3.8, 4) is 0 Å². The van der Waals surface area contributed by atoms with Gasteiger partial charge in [0.2, 0.25) is 0 Å². The topological polar surface area (TPSA) is 0 Å². The fourth-order valence-electron chi connectivity index (χ4n) is 4.77. The predicted octanol–water partition coefficient (Wildman–Crippen LogP) is 7.34. The van der Waals surface area contributed by atoms with Gasteiger partial charge in [-0.15, -0.1) is 0 Å². The second-order valence-corrected chi connectivity index (χ2v) is 8.54. The van der Waals surface area contributed by atoms with Crippen molar-refractivity contribution in [2.75, 3.05) is 0 Å². The minimum atomic E-state index is 0.682. The van der Waals surface area contributed by atoms with Crippen molar-refractivity contribution in [1.82, 2.24) is 0 Å². The molecule has 0 heteroatoms. The van der Waals surface area contributed by atoms with Gasteiger partial charge in [0, 0.05) is 5.92 Å². The standard InChI is InChI=1S/C27H34/c1-3-5-7-24-25(8-6-4-2)27(24)26-19-22-14-13-20-9-11-21(12-10-20)15-17-23(26)18-16-22/h9-12,16,18-19,27H,3-8,13-15,17H2,1-2H3. The summed E-state index contributed by atoms with van der Waals surface area (Å²) in [5, 5.41) is 0. The Morgan fingerprint density at radius 3 is 1.78 bits per heavy atom. The normalized spacial score (nSPS) is 16.5. The molecule has 142 valence electrons. The Morgan fingerprint density at radius 2 is 1.19 bits per heavy atom. The molecule has 0 heterocycles. The molecular weight excluding hydrogens is 324 g/mol. The Balaban J connectivity index is 1.61. The predicted molar refractivity (Wildman–Crippen MR) is 117 cm³/mol. The number of rotatable bonds is 7. The van der Waals surface area contributed by atoms with Crippen LogP contribution in [0.25, 0.3) is 0 Å². The number of allylic oxidation sites excluding steroid dienone is 2. The molecule has 27 heavy (non-hydrogen) atoms. The summed E-state index contributed by atoms with van der Waals surface area (Å²) in [4.78, 5) is 0. The van der Waals surface area contributed by atoms with Gasteiger partial charge in [0.05, 0.1) is 0 Å². The lowest BCUT2D eigenvalue weighted by molar-refractivity contribution is 0.782. The number of benzene rings is 2. The maximum Gasteiger partial charge on any atom is 0.0266 e. The molecule has 0 radical (unpaired) electrons.